The van der Waals surface area contributed by atoms with Gasteiger partial charge in [-0.2, -0.15) is 0 Å². The van der Waals surface area contributed by atoms with Gasteiger partial charge in [0.1, 0.15) is 5.76 Å². The first-order valence-corrected chi connectivity index (χ1v) is 8.93. The summed E-state index contributed by atoms with van der Waals surface area (Å²) < 4.78 is 10.3. The van der Waals surface area contributed by atoms with E-state index >= 15 is 0 Å². The predicted molar refractivity (Wildman–Crippen MR) is 98.7 cm³/mol. The van der Waals surface area contributed by atoms with E-state index in [9.17, 15) is 9.59 Å². The van der Waals surface area contributed by atoms with Crippen LogP contribution in [0.1, 0.15) is 26.8 Å². The van der Waals surface area contributed by atoms with Gasteiger partial charge in [0, 0.05) is 26.2 Å². The van der Waals surface area contributed by atoms with Gasteiger partial charge < -0.3 is 24.0 Å². The molecule has 0 saturated carbocycles. The monoisotopic (exact) mass is 381 g/mol. The van der Waals surface area contributed by atoms with Gasteiger partial charge in [-0.3, -0.25) is 9.59 Å². The zero-order chi connectivity index (χ0) is 19.3. The highest BCUT2D eigenvalue weighted by molar-refractivity contribution is 5.92. The zero-order valence-electron chi connectivity index (χ0n) is 15.1. The Bertz CT molecular complexity index is 914. The topological polar surface area (TPSA) is 105 Å². The first kappa shape index (κ1) is 17.8. The van der Waals surface area contributed by atoms with Gasteiger partial charge in [-0.25, -0.2) is 0 Å². The van der Waals surface area contributed by atoms with Crippen LogP contribution in [0.2, 0.25) is 0 Å². The van der Waals surface area contributed by atoms with Crippen molar-refractivity contribution in [3.63, 3.8) is 0 Å². The Hall–Kier alpha value is -3.62. The number of piperazine rings is 1. The van der Waals surface area contributed by atoms with Crippen molar-refractivity contribution in [1.29, 1.82) is 0 Å². The highest BCUT2D eigenvalue weighted by Gasteiger charge is 2.24. The van der Waals surface area contributed by atoms with E-state index in [0.29, 0.717) is 50.1 Å². The number of aromatic nitrogens is 2. The van der Waals surface area contributed by atoms with Crippen molar-refractivity contribution in [1.82, 2.24) is 20.4 Å². The van der Waals surface area contributed by atoms with Gasteiger partial charge in [0.05, 0.1) is 19.1 Å². The number of hydrogen-bond donors (Lipinski definition) is 1. The van der Waals surface area contributed by atoms with E-state index in [1.807, 2.05) is 4.90 Å². The van der Waals surface area contributed by atoms with Gasteiger partial charge >= 0.3 is 0 Å². The summed E-state index contributed by atoms with van der Waals surface area (Å²) in [6.45, 7) is 2.68. The molecule has 0 aliphatic carbocycles. The first-order valence-electron chi connectivity index (χ1n) is 8.93. The van der Waals surface area contributed by atoms with Gasteiger partial charge in [0.2, 0.25) is 0 Å². The van der Waals surface area contributed by atoms with Crippen molar-refractivity contribution in [2.24, 2.45) is 0 Å². The largest absolute Gasteiger partial charge is 0.467 e. The third-order valence-electron chi connectivity index (χ3n) is 4.51. The van der Waals surface area contributed by atoms with Crippen LogP contribution in [-0.2, 0) is 6.54 Å². The second-order valence-corrected chi connectivity index (χ2v) is 6.30. The number of amides is 2. The van der Waals surface area contributed by atoms with Crippen molar-refractivity contribution in [2.45, 2.75) is 6.54 Å². The van der Waals surface area contributed by atoms with Crippen LogP contribution in [0.3, 0.4) is 0 Å². The molecule has 2 amide bonds. The van der Waals surface area contributed by atoms with Crippen molar-refractivity contribution < 1.29 is 18.4 Å². The molecule has 0 aromatic carbocycles. The highest BCUT2D eigenvalue weighted by atomic mass is 16.3. The van der Waals surface area contributed by atoms with Crippen LogP contribution >= 0.6 is 0 Å². The van der Waals surface area contributed by atoms with Gasteiger partial charge in [0.15, 0.2) is 17.3 Å². The molecule has 0 bridgehead atoms. The number of hydrogen-bond acceptors (Lipinski definition) is 7. The minimum atomic E-state index is -0.315. The van der Waals surface area contributed by atoms with Gasteiger partial charge in [-0.05, 0) is 36.4 Å². The van der Waals surface area contributed by atoms with E-state index in [1.54, 1.807) is 47.6 Å². The quantitative estimate of drug-likeness (QED) is 0.715. The number of carbonyl (C=O) groups is 2. The zero-order valence-corrected chi connectivity index (χ0v) is 15.1. The molecular weight excluding hydrogens is 362 g/mol. The number of rotatable bonds is 5. The molecule has 3 aromatic rings. The summed E-state index contributed by atoms with van der Waals surface area (Å²) in [6, 6.07) is 10.3. The van der Waals surface area contributed by atoms with Crippen LogP contribution in [-0.4, -0.2) is 53.1 Å². The lowest BCUT2D eigenvalue weighted by Crippen LogP contribution is -2.49. The third-order valence-corrected chi connectivity index (χ3v) is 4.51. The molecule has 4 heterocycles. The Labute approximate surface area is 160 Å². The molecule has 0 unspecified atom stereocenters. The Kier molecular flexibility index (Phi) is 5.05. The normalized spacial score (nSPS) is 14.1. The fourth-order valence-corrected chi connectivity index (χ4v) is 2.98. The molecule has 3 aromatic heterocycles. The summed E-state index contributed by atoms with van der Waals surface area (Å²) in [7, 11) is 0. The molecule has 28 heavy (non-hydrogen) atoms. The average Bonchev–Trinajstić information content (AvgIpc) is 3.46. The van der Waals surface area contributed by atoms with Crippen LogP contribution in [0.25, 0.3) is 0 Å². The summed E-state index contributed by atoms with van der Waals surface area (Å²) in [5.41, 5.74) is 0.238. The van der Waals surface area contributed by atoms with Crippen molar-refractivity contribution in [2.75, 3.05) is 31.1 Å². The number of nitrogens with zero attached hydrogens (tertiary/aromatic N) is 4. The molecule has 1 saturated heterocycles. The third kappa shape index (κ3) is 3.88. The van der Waals surface area contributed by atoms with Crippen LogP contribution in [0.4, 0.5) is 5.82 Å². The smallest absolute Gasteiger partial charge is 0.289 e. The minimum absolute atomic E-state index is 0.112. The second-order valence-electron chi connectivity index (χ2n) is 6.30. The highest BCUT2D eigenvalue weighted by Crippen LogP contribution is 2.15. The summed E-state index contributed by atoms with van der Waals surface area (Å²) in [5.74, 6) is 1.26. The molecule has 1 fully saturated rings. The number of furan rings is 2. The minimum Gasteiger partial charge on any atom is -0.467 e. The van der Waals surface area contributed by atoms with Crippen LogP contribution < -0.4 is 10.2 Å². The summed E-state index contributed by atoms with van der Waals surface area (Å²) in [6.07, 6.45) is 3.05. The number of nitrogens with one attached hydrogen (secondary N) is 1. The maximum atomic E-state index is 12.3. The summed E-state index contributed by atoms with van der Waals surface area (Å²) >= 11 is 0. The first-order chi connectivity index (χ1) is 13.7. The molecule has 0 spiro atoms. The Morgan fingerprint density at radius 1 is 0.964 bits per heavy atom. The van der Waals surface area contributed by atoms with Crippen molar-refractivity contribution in [3.05, 3.63) is 66.1 Å². The summed E-state index contributed by atoms with van der Waals surface area (Å²) in [5, 5.41) is 10.9. The molecule has 0 radical (unpaired) electrons. The molecule has 0 atom stereocenters. The maximum Gasteiger partial charge on any atom is 0.289 e. The van der Waals surface area contributed by atoms with Crippen molar-refractivity contribution in [3.8, 4) is 0 Å². The number of anilines is 1. The average molecular weight is 381 g/mol. The molecular formula is C19H19N5O4. The lowest BCUT2D eigenvalue weighted by atomic mass is 10.2. The van der Waals surface area contributed by atoms with E-state index in [1.165, 1.54) is 6.26 Å². The fraction of sp³-hybridized carbons (Fsp3) is 0.263. The van der Waals surface area contributed by atoms with E-state index < -0.39 is 0 Å². The van der Waals surface area contributed by atoms with Crippen LogP contribution in [0, 0.1) is 0 Å². The summed E-state index contributed by atoms with van der Waals surface area (Å²) in [4.78, 5) is 28.2. The predicted octanol–water partition coefficient (Wildman–Crippen LogP) is 1.55. The molecule has 1 aliphatic heterocycles. The number of carbonyl (C=O) groups excluding carboxylic acids is 2. The Balaban J connectivity index is 1.31. The van der Waals surface area contributed by atoms with Gasteiger partial charge in [-0.1, -0.05) is 0 Å². The van der Waals surface area contributed by atoms with E-state index in [0.717, 1.165) is 0 Å². The molecule has 9 nitrogen and oxygen atoms in total. The molecule has 1 N–H and O–H groups in total. The van der Waals surface area contributed by atoms with Crippen molar-refractivity contribution >= 4 is 17.6 Å². The second kappa shape index (κ2) is 7.95. The van der Waals surface area contributed by atoms with Gasteiger partial charge in [-0.15, -0.1) is 10.2 Å². The Morgan fingerprint density at radius 2 is 1.75 bits per heavy atom. The maximum absolute atomic E-state index is 12.3. The van der Waals surface area contributed by atoms with E-state index in [-0.39, 0.29) is 17.5 Å². The van der Waals surface area contributed by atoms with Gasteiger partial charge in [0.25, 0.3) is 11.8 Å². The van der Waals surface area contributed by atoms with Crippen LogP contribution in [0.15, 0.2) is 57.8 Å². The fourth-order valence-electron chi connectivity index (χ4n) is 2.98. The molecule has 9 heteroatoms. The lowest BCUT2D eigenvalue weighted by molar-refractivity contribution is 0.0714. The Morgan fingerprint density at radius 3 is 2.39 bits per heavy atom. The molecule has 144 valence electrons. The molecule has 1 aliphatic rings. The lowest BCUT2D eigenvalue weighted by Gasteiger charge is -2.34. The standard InChI is InChI=1S/C19H19N5O4/c25-18(20-13-14-3-1-11-27-14)15-5-6-17(22-21-15)23-7-9-24(10-8-23)19(26)16-4-2-12-28-16/h1-6,11-12H,7-10,13H2,(H,20,25). The van der Waals surface area contributed by atoms with Crippen LogP contribution in [0.5, 0.6) is 0 Å². The molecule has 4 rings (SSSR count). The van der Waals surface area contributed by atoms with E-state index in [4.69, 9.17) is 8.83 Å². The SMILES string of the molecule is O=C(NCc1ccco1)c1ccc(N2CCN(C(=O)c3ccco3)CC2)nn1. The van der Waals surface area contributed by atoms with E-state index in [2.05, 4.69) is 15.5 Å².